The summed E-state index contributed by atoms with van der Waals surface area (Å²) in [5.74, 6) is -0.513. The predicted octanol–water partition coefficient (Wildman–Crippen LogP) is 4.00. The first kappa shape index (κ1) is 22.7. The van der Waals surface area contributed by atoms with Gasteiger partial charge in [0.05, 0.1) is 12.2 Å². The third kappa shape index (κ3) is 5.57. The second-order valence-electron chi connectivity index (χ2n) is 7.04. The van der Waals surface area contributed by atoms with Gasteiger partial charge in [0.2, 0.25) is 0 Å². The Morgan fingerprint density at radius 1 is 1.03 bits per heavy atom. The Balaban J connectivity index is 1.58. The highest BCUT2D eigenvalue weighted by Gasteiger charge is 2.21. The van der Waals surface area contributed by atoms with Gasteiger partial charge in [-0.25, -0.2) is 4.68 Å². The number of amides is 2. The molecule has 0 unspecified atom stereocenters. The van der Waals surface area contributed by atoms with Crippen LogP contribution < -0.4 is 15.6 Å². The van der Waals surface area contributed by atoms with Crippen molar-refractivity contribution in [2.45, 2.75) is 27.3 Å². The zero-order valence-corrected chi connectivity index (χ0v) is 18.8. The summed E-state index contributed by atoms with van der Waals surface area (Å²) in [6, 6.07) is 12.8. The molecule has 0 aliphatic heterocycles. The Bertz CT molecular complexity index is 1130. The maximum Gasteiger partial charge on any atom is 0.276 e. The second kappa shape index (κ2) is 9.85. The third-order valence-corrected chi connectivity index (χ3v) is 5.49. The Kier molecular flexibility index (Phi) is 7.20. The molecule has 0 aliphatic rings. The molecule has 3 rings (SSSR count). The summed E-state index contributed by atoms with van der Waals surface area (Å²) in [4.78, 5) is 24.6. The zero-order chi connectivity index (χ0) is 22.5. The lowest BCUT2D eigenvalue weighted by Gasteiger charge is -2.10. The van der Waals surface area contributed by atoms with Gasteiger partial charge in [-0.05, 0) is 55.7 Å². The van der Waals surface area contributed by atoms with E-state index in [9.17, 15) is 9.59 Å². The van der Waals surface area contributed by atoms with E-state index in [2.05, 4.69) is 16.0 Å². The molecular weight excluding hydrogens is 439 g/mol. The number of nitrogens with one attached hydrogen (secondary N) is 2. The van der Waals surface area contributed by atoms with Gasteiger partial charge in [-0.2, -0.15) is 5.10 Å². The molecule has 0 saturated carbocycles. The molecule has 0 bridgehead atoms. The fourth-order valence-electron chi connectivity index (χ4n) is 2.88. The molecule has 2 N–H and O–H groups in total. The molecule has 2 aromatic carbocycles. The van der Waals surface area contributed by atoms with Crippen molar-refractivity contribution in [2.75, 3.05) is 6.61 Å². The Hall–Kier alpha value is -3.03. The molecular formula is C22H22Cl2N4O3. The van der Waals surface area contributed by atoms with Gasteiger partial charge >= 0.3 is 0 Å². The fraction of sp³-hybridized carbons (Fsp3) is 0.227. The minimum Gasteiger partial charge on any atom is -0.484 e. The monoisotopic (exact) mass is 460 g/mol. The van der Waals surface area contributed by atoms with Gasteiger partial charge in [-0.3, -0.25) is 20.4 Å². The van der Waals surface area contributed by atoms with Crippen molar-refractivity contribution in [2.24, 2.45) is 0 Å². The zero-order valence-electron chi connectivity index (χ0n) is 17.3. The standard InChI is InChI=1S/C22H22Cl2N4O3/c1-13-8-9-17(10-14(13)2)31-12-19(29)25-26-22(30)20-15(3)27-28(21(20)24)11-16-6-4-5-7-18(16)23/h4-10H,11-12H2,1-3H3,(H,25,29)(H,26,30). The number of carbonyl (C=O) groups excluding carboxylic acids is 2. The van der Waals surface area contributed by atoms with Gasteiger partial charge in [0, 0.05) is 5.02 Å². The topological polar surface area (TPSA) is 85.2 Å². The van der Waals surface area contributed by atoms with Crippen LogP contribution in [0.15, 0.2) is 42.5 Å². The lowest BCUT2D eigenvalue weighted by molar-refractivity contribution is -0.123. The van der Waals surface area contributed by atoms with E-state index in [1.54, 1.807) is 19.1 Å². The van der Waals surface area contributed by atoms with Crippen LogP contribution in [0.4, 0.5) is 0 Å². The molecule has 0 atom stereocenters. The molecule has 0 spiro atoms. The van der Waals surface area contributed by atoms with Crippen molar-refractivity contribution in [1.82, 2.24) is 20.6 Å². The number of hydrogen-bond acceptors (Lipinski definition) is 4. The molecule has 2 amide bonds. The number of hydrogen-bond donors (Lipinski definition) is 2. The van der Waals surface area contributed by atoms with Crippen LogP contribution in [-0.2, 0) is 11.3 Å². The molecule has 1 heterocycles. The number of carbonyl (C=O) groups is 2. The summed E-state index contributed by atoms with van der Waals surface area (Å²) in [5, 5.41) is 5.04. The van der Waals surface area contributed by atoms with Gasteiger partial charge in [0.25, 0.3) is 11.8 Å². The van der Waals surface area contributed by atoms with E-state index < -0.39 is 11.8 Å². The minimum atomic E-state index is -0.576. The maximum absolute atomic E-state index is 12.5. The van der Waals surface area contributed by atoms with Crippen molar-refractivity contribution in [3.8, 4) is 5.75 Å². The summed E-state index contributed by atoms with van der Waals surface area (Å²) in [6.07, 6.45) is 0. The van der Waals surface area contributed by atoms with Crippen molar-refractivity contribution in [3.63, 3.8) is 0 Å². The molecule has 1 aromatic heterocycles. The van der Waals surface area contributed by atoms with Crippen LogP contribution in [-0.4, -0.2) is 28.2 Å². The molecule has 0 saturated heterocycles. The Morgan fingerprint density at radius 3 is 2.48 bits per heavy atom. The van der Waals surface area contributed by atoms with E-state index in [4.69, 9.17) is 27.9 Å². The Morgan fingerprint density at radius 2 is 1.77 bits per heavy atom. The summed E-state index contributed by atoms with van der Waals surface area (Å²) in [5.41, 5.74) is 8.27. The van der Waals surface area contributed by atoms with Gasteiger partial charge < -0.3 is 4.74 Å². The van der Waals surface area contributed by atoms with Gasteiger partial charge in [-0.1, -0.05) is 47.5 Å². The second-order valence-corrected chi connectivity index (χ2v) is 7.80. The molecule has 7 nitrogen and oxygen atoms in total. The lowest BCUT2D eigenvalue weighted by atomic mass is 10.1. The largest absolute Gasteiger partial charge is 0.484 e. The average Bonchev–Trinajstić information content (AvgIpc) is 3.01. The first-order valence-electron chi connectivity index (χ1n) is 9.51. The summed E-state index contributed by atoms with van der Waals surface area (Å²) in [6.45, 7) is 5.67. The SMILES string of the molecule is Cc1ccc(OCC(=O)NNC(=O)c2c(C)nn(Cc3ccccc3Cl)c2Cl)cc1C. The number of benzene rings is 2. The summed E-state index contributed by atoms with van der Waals surface area (Å²) >= 11 is 12.6. The van der Waals surface area contributed by atoms with Crippen molar-refractivity contribution >= 4 is 35.0 Å². The van der Waals surface area contributed by atoms with Crippen LogP contribution in [0.2, 0.25) is 10.2 Å². The number of hydrazine groups is 1. The normalized spacial score (nSPS) is 10.6. The average molecular weight is 461 g/mol. The van der Waals surface area contributed by atoms with E-state index in [-0.39, 0.29) is 17.3 Å². The maximum atomic E-state index is 12.5. The molecule has 0 aliphatic carbocycles. The minimum absolute atomic E-state index is 0.149. The third-order valence-electron chi connectivity index (χ3n) is 4.73. The van der Waals surface area contributed by atoms with Crippen LogP contribution in [0.3, 0.4) is 0 Å². The molecule has 3 aromatic rings. The van der Waals surface area contributed by atoms with E-state index >= 15 is 0 Å². The fourth-order valence-corrected chi connectivity index (χ4v) is 3.40. The number of aromatic nitrogens is 2. The quantitative estimate of drug-likeness (QED) is 0.544. The van der Waals surface area contributed by atoms with Crippen LogP contribution in [0.1, 0.15) is 32.7 Å². The van der Waals surface area contributed by atoms with Crippen LogP contribution in [0.25, 0.3) is 0 Å². The molecule has 9 heteroatoms. The van der Waals surface area contributed by atoms with Crippen LogP contribution in [0, 0.1) is 20.8 Å². The van der Waals surface area contributed by atoms with E-state index in [0.717, 1.165) is 16.7 Å². The highest BCUT2D eigenvalue weighted by Crippen LogP contribution is 2.23. The number of ether oxygens (including phenoxy) is 1. The predicted molar refractivity (Wildman–Crippen MR) is 120 cm³/mol. The molecule has 31 heavy (non-hydrogen) atoms. The highest BCUT2D eigenvalue weighted by molar-refractivity contribution is 6.33. The molecule has 162 valence electrons. The van der Waals surface area contributed by atoms with E-state index in [1.807, 2.05) is 44.2 Å². The number of halogens is 2. The first-order chi connectivity index (χ1) is 14.8. The smallest absolute Gasteiger partial charge is 0.276 e. The van der Waals surface area contributed by atoms with Gasteiger partial charge in [-0.15, -0.1) is 0 Å². The summed E-state index contributed by atoms with van der Waals surface area (Å²) < 4.78 is 6.94. The number of rotatable bonds is 6. The molecule has 0 fully saturated rings. The van der Waals surface area contributed by atoms with Crippen molar-refractivity contribution in [1.29, 1.82) is 0 Å². The van der Waals surface area contributed by atoms with E-state index in [0.29, 0.717) is 23.0 Å². The highest BCUT2D eigenvalue weighted by atomic mass is 35.5. The van der Waals surface area contributed by atoms with Crippen LogP contribution in [0.5, 0.6) is 5.75 Å². The number of nitrogens with zero attached hydrogens (tertiary/aromatic N) is 2. The first-order valence-corrected chi connectivity index (χ1v) is 10.3. The van der Waals surface area contributed by atoms with E-state index in [1.165, 1.54) is 4.68 Å². The van der Waals surface area contributed by atoms with Crippen LogP contribution >= 0.6 is 23.2 Å². The lowest BCUT2D eigenvalue weighted by Crippen LogP contribution is -2.44. The molecule has 0 radical (unpaired) electrons. The Labute approximate surface area is 190 Å². The summed E-state index contributed by atoms with van der Waals surface area (Å²) in [7, 11) is 0. The van der Waals surface area contributed by atoms with Gasteiger partial charge in [0.15, 0.2) is 6.61 Å². The van der Waals surface area contributed by atoms with Crippen molar-refractivity contribution in [3.05, 3.63) is 80.6 Å². The number of aryl methyl sites for hydroxylation is 3. The van der Waals surface area contributed by atoms with Gasteiger partial charge in [0.1, 0.15) is 16.5 Å². The van der Waals surface area contributed by atoms with Crippen molar-refractivity contribution < 1.29 is 14.3 Å².